The van der Waals surface area contributed by atoms with Crippen LogP contribution in [0.3, 0.4) is 0 Å². The van der Waals surface area contributed by atoms with Crippen LogP contribution in [0.2, 0.25) is 0 Å². The average molecular weight is 759 g/mol. The molecular weight excluding hydrogens is 725 g/mol. The lowest BCUT2D eigenvalue weighted by molar-refractivity contribution is 0.669. The molecule has 0 fully saturated rings. The van der Waals surface area contributed by atoms with Crippen LogP contribution in [-0.2, 0) is 5.41 Å². The maximum Gasteiger partial charge on any atom is 0.136 e. The Balaban J connectivity index is 1.09. The zero-order valence-corrected chi connectivity index (χ0v) is 32.5. The van der Waals surface area contributed by atoms with Crippen molar-refractivity contribution in [1.29, 1.82) is 0 Å². The van der Waals surface area contributed by atoms with Gasteiger partial charge in [0, 0.05) is 10.8 Å². The second-order valence-corrected chi connectivity index (χ2v) is 16.7. The standard InChI is InChI=1S/C59H34O/c1-3-14-39-35(12-1)24-28-48-49(39)32-36-13-2-4-15-41(36)57(48)38-26-30-53-50(33-38)58-47-20-11-19-40(37-25-27-46-45-18-7-10-23-55(45)60-56(46)34-37)42(47)29-31-54(58)59(53)51-21-8-5-16-43(51)44-17-6-9-22-52(44)59/h1-34H. The van der Waals surface area contributed by atoms with Crippen LogP contribution in [0.5, 0.6) is 0 Å². The van der Waals surface area contributed by atoms with Gasteiger partial charge in [-0.25, -0.2) is 0 Å². The van der Waals surface area contributed by atoms with Crippen molar-refractivity contribution in [3.63, 3.8) is 0 Å². The molecule has 0 amide bonds. The summed E-state index contributed by atoms with van der Waals surface area (Å²) in [7, 11) is 0. The molecule has 2 aliphatic carbocycles. The third-order valence-electron chi connectivity index (χ3n) is 13.9. The number of hydrogen-bond donors (Lipinski definition) is 0. The van der Waals surface area contributed by atoms with Crippen molar-refractivity contribution < 1.29 is 4.42 Å². The van der Waals surface area contributed by atoms with Crippen LogP contribution < -0.4 is 0 Å². The van der Waals surface area contributed by atoms with Gasteiger partial charge in [0.1, 0.15) is 11.2 Å². The Bertz CT molecular complexity index is 3800. The molecule has 276 valence electrons. The number of fused-ring (bicyclic) bond motifs is 19. The smallest absolute Gasteiger partial charge is 0.136 e. The summed E-state index contributed by atoms with van der Waals surface area (Å²) < 4.78 is 6.42. The molecule has 1 aromatic heterocycles. The summed E-state index contributed by atoms with van der Waals surface area (Å²) in [5.74, 6) is 0. The first-order chi connectivity index (χ1) is 29.8. The van der Waals surface area contributed by atoms with Crippen LogP contribution in [0.15, 0.2) is 211 Å². The summed E-state index contributed by atoms with van der Waals surface area (Å²) >= 11 is 0. The fourth-order valence-corrected chi connectivity index (χ4v) is 11.4. The molecular formula is C59H34O. The number of rotatable bonds is 2. The van der Waals surface area contributed by atoms with Gasteiger partial charge in [0.25, 0.3) is 0 Å². The molecule has 0 atom stereocenters. The topological polar surface area (TPSA) is 13.1 Å². The van der Waals surface area contributed by atoms with Crippen molar-refractivity contribution in [2.45, 2.75) is 5.41 Å². The Morgan fingerprint density at radius 3 is 1.70 bits per heavy atom. The second-order valence-electron chi connectivity index (χ2n) is 16.7. The van der Waals surface area contributed by atoms with E-state index in [9.17, 15) is 0 Å². The van der Waals surface area contributed by atoms with Crippen LogP contribution in [0.4, 0.5) is 0 Å². The van der Waals surface area contributed by atoms with E-state index in [4.69, 9.17) is 4.42 Å². The molecule has 0 aliphatic heterocycles. The monoisotopic (exact) mass is 758 g/mol. The molecule has 0 N–H and O–H groups in total. The van der Waals surface area contributed by atoms with Gasteiger partial charge in [0.15, 0.2) is 0 Å². The van der Waals surface area contributed by atoms with Gasteiger partial charge in [-0.05, 0) is 140 Å². The van der Waals surface area contributed by atoms with E-state index in [1.807, 2.05) is 6.07 Å². The Labute approximate surface area is 346 Å². The summed E-state index contributed by atoms with van der Waals surface area (Å²) in [6.45, 7) is 0. The van der Waals surface area contributed by atoms with Crippen LogP contribution in [0.25, 0.3) is 110 Å². The lowest BCUT2D eigenvalue weighted by atomic mass is 9.70. The minimum absolute atomic E-state index is 0.454. The van der Waals surface area contributed by atoms with E-state index in [0.717, 1.165) is 27.5 Å². The molecule has 0 saturated heterocycles. The molecule has 60 heavy (non-hydrogen) atoms. The fourth-order valence-electron chi connectivity index (χ4n) is 11.4. The van der Waals surface area contributed by atoms with Gasteiger partial charge in [-0.3, -0.25) is 0 Å². The van der Waals surface area contributed by atoms with Crippen LogP contribution in [0.1, 0.15) is 22.3 Å². The summed E-state index contributed by atoms with van der Waals surface area (Å²) in [6, 6.07) is 77.0. The highest BCUT2D eigenvalue weighted by molar-refractivity contribution is 6.21. The van der Waals surface area contributed by atoms with Gasteiger partial charge in [-0.1, -0.05) is 176 Å². The molecule has 0 saturated carbocycles. The van der Waals surface area contributed by atoms with Crippen molar-refractivity contribution >= 4 is 65.0 Å². The Hall–Kier alpha value is -7.74. The van der Waals surface area contributed by atoms with Crippen molar-refractivity contribution in [2.24, 2.45) is 0 Å². The minimum atomic E-state index is -0.454. The molecule has 1 spiro atoms. The summed E-state index contributed by atoms with van der Waals surface area (Å²) in [5, 5.41) is 12.4. The maximum atomic E-state index is 6.42. The summed E-state index contributed by atoms with van der Waals surface area (Å²) in [6.07, 6.45) is 0. The van der Waals surface area contributed by atoms with E-state index >= 15 is 0 Å². The van der Waals surface area contributed by atoms with E-state index in [2.05, 4.69) is 200 Å². The first kappa shape index (κ1) is 32.2. The number of para-hydroxylation sites is 1. The van der Waals surface area contributed by atoms with Crippen molar-refractivity contribution in [1.82, 2.24) is 0 Å². The lowest BCUT2D eigenvalue weighted by Crippen LogP contribution is -2.25. The molecule has 1 heteroatoms. The summed E-state index contributed by atoms with van der Waals surface area (Å²) in [5.41, 5.74) is 16.9. The quantitative estimate of drug-likeness (QED) is 0.126. The molecule has 0 unspecified atom stereocenters. The second kappa shape index (κ2) is 11.7. The molecule has 14 rings (SSSR count). The molecule has 0 radical (unpaired) electrons. The number of furan rings is 1. The van der Waals surface area contributed by atoms with Gasteiger partial charge < -0.3 is 4.42 Å². The van der Waals surface area contributed by atoms with Gasteiger partial charge in [-0.2, -0.15) is 0 Å². The van der Waals surface area contributed by atoms with Gasteiger partial charge >= 0.3 is 0 Å². The van der Waals surface area contributed by atoms with E-state index < -0.39 is 5.41 Å². The molecule has 12 aromatic rings. The first-order valence-corrected chi connectivity index (χ1v) is 20.9. The first-order valence-electron chi connectivity index (χ1n) is 20.9. The zero-order valence-electron chi connectivity index (χ0n) is 32.5. The Kier molecular flexibility index (Phi) is 6.28. The predicted octanol–water partition coefficient (Wildman–Crippen LogP) is 15.9. The Morgan fingerprint density at radius 1 is 0.267 bits per heavy atom. The highest BCUT2D eigenvalue weighted by Crippen LogP contribution is 2.64. The molecule has 1 nitrogen and oxygen atoms in total. The van der Waals surface area contributed by atoms with Gasteiger partial charge in [0.05, 0.1) is 5.41 Å². The van der Waals surface area contributed by atoms with Crippen LogP contribution in [-0.4, -0.2) is 0 Å². The average Bonchev–Trinajstić information content (AvgIpc) is 3.94. The normalized spacial score (nSPS) is 13.5. The molecule has 1 heterocycles. The van der Waals surface area contributed by atoms with Crippen molar-refractivity contribution in [2.75, 3.05) is 0 Å². The molecule has 2 aliphatic rings. The highest BCUT2D eigenvalue weighted by Gasteiger charge is 2.52. The van der Waals surface area contributed by atoms with E-state index in [1.165, 1.54) is 104 Å². The lowest BCUT2D eigenvalue weighted by Gasteiger charge is -2.30. The van der Waals surface area contributed by atoms with Crippen molar-refractivity contribution in [3.8, 4) is 44.5 Å². The number of benzene rings is 11. The minimum Gasteiger partial charge on any atom is -0.456 e. The number of hydrogen-bond acceptors (Lipinski definition) is 1. The SMILES string of the molecule is c1ccc2c(c1)-c1ccccc1C21c2ccc(-c3c4ccccc4cc4c3ccc3ccccc34)cc2-c2c1ccc1c(-c3ccc4c(c3)oc3ccccc34)cccc21. The highest BCUT2D eigenvalue weighted by atomic mass is 16.3. The van der Waals surface area contributed by atoms with Crippen LogP contribution in [0, 0.1) is 0 Å². The summed E-state index contributed by atoms with van der Waals surface area (Å²) in [4.78, 5) is 0. The predicted molar refractivity (Wildman–Crippen MR) is 251 cm³/mol. The molecule has 0 bridgehead atoms. The van der Waals surface area contributed by atoms with E-state index in [-0.39, 0.29) is 0 Å². The fraction of sp³-hybridized carbons (Fsp3) is 0.0169. The third-order valence-corrected chi connectivity index (χ3v) is 13.9. The zero-order chi connectivity index (χ0) is 39.1. The van der Waals surface area contributed by atoms with Gasteiger partial charge in [0.2, 0.25) is 0 Å². The maximum absolute atomic E-state index is 6.42. The largest absolute Gasteiger partial charge is 0.456 e. The third kappa shape index (κ3) is 4.06. The van der Waals surface area contributed by atoms with Gasteiger partial charge in [-0.15, -0.1) is 0 Å². The Morgan fingerprint density at radius 2 is 0.850 bits per heavy atom. The van der Waals surface area contributed by atoms with Crippen molar-refractivity contribution in [3.05, 3.63) is 229 Å². The van der Waals surface area contributed by atoms with E-state index in [1.54, 1.807) is 0 Å². The van der Waals surface area contributed by atoms with Crippen LogP contribution >= 0.6 is 0 Å². The molecule has 11 aromatic carbocycles. The van der Waals surface area contributed by atoms with E-state index in [0.29, 0.717) is 0 Å².